The summed E-state index contributed by atoms with van der Waals surface area (Å²) in [5.74, 6) is 8.84. The number of aryl methyl sites for hydroxylation is 12. The number of nitrogens with one attached hydrogen (secondary N) is 4. The Morgan fingerprint density at radius 3 is 1.32 bits per heavy atom. The number of rotatable bonds is 25. The van der Waals surface area contributed by atoms with Gasteiger partial charge in [0.25, 0.3) is 5.56 Å². The molecule has 12 heterocycles. The molecule has 17 rings (SSSR count). The lowest BCUT2D eigenvalue weighted by atomic mass is 10.0. The molecule has 0 bridgehead atoms. The summed E-state index contributed by atoms with van der Waals surface area (Å²) in [5, 5.41) is 55.7. The van der Waals surface area contributed by atoms with E-state index in [0.29, 0.717) is 74.6 Å². The number of anilines is 4. The van der Waals surface area contributed by atoms with E-state index in [1.807, 2.05) is 122 Å². The number of para-hydroxylation sites is 1. The highest BCUT2D eigenvalue weighted by atomic mass is 16.7. The zero-order valence-electron chi connectivity index (χ0n) is 75.6. The maximum Gasteiger partial charge on any atom is 0.258 e. The molecular formula is C96H119N19O9. The minimum atomic E-state index is -0.416. The SMILES string of the molecule is CCOc1ccc(-n2c(C)c3c(C)nnc(N4CCC5(CC4)OCCO5)c3c2C)c(OC)c1.CCOc1ccc(-n2c(C)c3c(C)nnc(NCC(C)C)c3c2C)cc1.CCOc1ccc(-n2c(C)c3c(C)nnc(NCCN4CCCC4)c3c2C)c(OC)c1.CCOc1ccc(-n2c(C)c3c(C)nnc(NCc4nc5ccccc5c(=O)[nH]4)c3c2C)cc1. The minimum absolute atomic E-state index is 0.156. The first-order valence-electron chi connectivity index (χ1n) is 43.4. The highest BCUT2D eigenvalue weighted by molar-refractivity contribution is 6.02. The fourth-order valence-electron chi connectivity index (χ4n) is 18.0. The van der Waals surface area contributed by atoms with Gasteiger partial charge in [-0.05, 0) is 228 Å². The van der Waals surface area contributed by atoms with Crippen LogP contribution in [-0.4, -0.2) is 179 Å². The first-order chi connectivity index (χ1) is 59.9. The molecular weight excluding hydrogens is 1560 g/mol. The van der Waals surface area contributed by atoms with Gasteiger partial charge in [-0.3, -0.25) is 4.79 Å². The summed E-state index contributed by atoms with van der Waals surface area (Å²) in [5.41, 5.74) is 17.3. The van der Waals surface area contributed by atoms with E-state index in [2.05, 4.69) is 200 Å². The third-order valence-electron chi connectivity index (χ3n) is 23.7. The van der Waals surface area contributed by atoms with Crippen molar-refractivity contribution in [3.05, 3.63) is 194 Å². The molecule has 0 saturated carbocycles. The zero-order valence-corrected chi connectivity index (χ0v) is 75.6. The third kappa shape index (κ3) is 17.9. The van der Waals surface area contributed by atoms with Crippen molar-refractivity contribution in [1.82, 2.24) is 73.9 Å². The predicted molar refractivity (Wildman–Crippen MR) is 493 cm³/mol. The van der Waals surface area contributed by atoms with Crippen LogP contribution in [0.5, 0.6) is 34.5 Å². The van der Waals surface area contributed by atoms with Crippen LogP contribution in [0.25, 0.3) is 76.7 Å². The number of nitrogens with zero attached hydrogens (tertiary/aromatic N) is 15. The van der Waals surface area contributed by atoms with E-state index in [9.17, 15) is 4.79 Å². The van der Waals surface area contributed by atoms with Crippen LogP contribution in [0.3, 0.4) is 0 Å². The number of hydrogen-bond donors (Lipinski definition) is 4. The van der Waals surface area contributed by atoms with Gasteiger partial charge in [-0.2, -0.15) is 20.4 Å². The number of aromatic amines is 1. The average Bonchev–Trinajstić information content (AvgIpc) is 1.62. The number of methoxy groups -OCH3 is 2. The van der Waals surface area contributed by atoms with Crippen LogP contribution in [0, 0.1) is 89.0 Å². The van der Waals surface area contributed by atoms with Gasteiger partial charge in [0.1, 0.15) is 40.3 Å². The molecule has 5 aromatic carbocycles. The predicted octanol–water partition coefficient (Wildman–Crippen LogP) is 17.8. The van der Waals surface area contributed by atoms with Crippen LogP contribution in [0.4, 0.5) is 23.3 Å². The maximum atomic E-state index is 12.4. The Kier molecular flexibility index (Phi) is 27.3. The van der Waals surface area contributed by atoms with Crippen molar-refractivity contribution in [1.29, 1.82) is 0 Å². The molecule has 1 spiro atoms. The lowest BCUT2D eigenvalue weighted by Gasteiger charge is -2.38. The molecule has 124 heavy (non-hydrogen) atoms. The number of H-pyrrole nitrogens is 1. The van der Waals surface area contributed by atoms with Gasteiger partial charge < -0.3 is 86.9 Å². The quantitative estimate of drug-likeness (QED) is 0.0413. The topological polar surface area (TPSA) is 285 Å². The van der Waals surface area contributed by atoms with E-state index < -0.39 is 5.79 Å². The summed E-state index contributed by atoms with van der Waals surface area (Å²) in [6.07, 6.45) is 4.27. The number of hydrogen-bond acceptors (Lipinski definition) is 23. The molecule has 28 nitrogen and oxygen atoms in total. The van der Waals surface area contributed by atoms with Crippen LogP contribution in [-0.2, 0) is 16.0 Å². The summed E-state index contributed by atoms with van der Waals surface area (Å²) >= 11 is 0. The molecule has 0 atom stereocenters. The molecule has 0 unspecified atom stereocenters. The average molecular weight is 1680 g/mol. The molecule has 28 heteroatoms. The second-order valence-electron chi connectivity index (χ2n) is 32.2. The minimum Gasteiger partial charge on any atom is -0.494 e. The van der Waals surface area contributed by atoms with Crippen molar-refractivity contribution in [3.63, 3.8) is 0 Å². The number of fused-ring (bicyclic) bond motifs is 5. The number of aromatic nitrogens is 14. The Hall–Kier alpha value is -12.4. The summed E-state index contributed by atoms with van der Waals surface area (Å²) in [4.78, 5) is 24.7. The molecule has 0 aliphatic carbocycles. The lowest BCUT2D eigenvalue weighted by molar-refractivity contribution is -0.169. The molecule has 4 N–H and O–H groups in total. The van der Waals surface area contributed by atoms with Crippen LogP contribution in [0.2, 0.25) is 0 Å². The van der Waals surface area contributed by atoms with Crippen LogP contribution >= 0.6 is 0 Å². The summed E-state index contributed by atoms with van der Waals surface area (Å²) in [7, 11) is 3.39. The fourth-order valence-corrected chi connectivity index (χ4v) is 18.0. The molecule has 0 radical (unpaired) electrons. The Morgan fingerprint density at radius 1 is 0.452 bits per heavy atom. The highest BCUT2D eigenvalue weighted by Gasteiger charge is 2.41. The van der Waals surface area contributed by atoms with Crippen LogP contribution in [0.15, 0.2) is 114 Å². The van der Waals surface area contributed by atoms with Crippen molar-refractivity contribution in [2.75, 3.05) is 121 Å². The lowest BCUT2D eigenvalue weighted by Crippen LogP contribution is -2.45. The molecule has 3 aliphatic rings. The number of likely N-dealkylation sites (tertiary alicyclic amines) is 1. The normalized spacial score (nSPS) is 13.8. The van der Waals surface area contributed by atoms with Crippen LogP contribution in [0.1, 0.15) is 141 Å². The first kappa shape index (κ1) is 87.9. The van der Waals surface area contributed by atoms with E-state index in [-0.39, 0.29) is 5.56 Å². The number of piperidine rings is 1. The van der Waals surface area contributed by atoms with E-state index in [0.717, 1.165) is 215 Å². The Morgan fingerprint density at radius 2 is 0.855 bits per heavy atom. The second-order valence-corrected chi connectivity index (χ2v) is 32.2. The standard InChI is InChI=1S/C26H26N6O2.C25H32N4O4.C24H33N5O2.C21H28N4O/c1-5-34-19-12-10-18(11-13-19)32-16(3)23-15(2)30-31-25(24(23)17(32)4)27-14-22-28-21-9-7-6-8-20(21)26(33)29-22;1-6-31-19-7-8-20(21(15-19)30-5)29-17(3)22-16(2)26-27-24(23(22)18(29)4)28-11-9-25(10-12-28)32-13-14-33-25;1-6-31-19-9-10-20(21(15-19)30-5)29-17(3)22-16(2)26-27-24(23(22)18(29)4)25-11-14-28-12-7-8-13-28;1-7-26-18-10-8-17(9-11-18)25-15(5)19-14(4)23-24-21(20(19)16(25)6)22-12-13(2)3/h6-13H,5,14H2,1-4H3,(H,27,31)(H,28,29,33);7-8,15H,6,9-14H2,1-5H3;9-10,15H,6-8,11-14H2,1-5H3,(H,25,27);8-11,13H,7,12H2,1-6H3,(H,22,24). The fraction of sp³-hybridized carbons (Fsp3) is 0.417. The molecule has 652 valence electrons. The Labute approximate surface area is 725 Å². The van der Waals surface area contributed by atoms with Gasteiger partial charge >= 0.3 is 0 Å². The van der Waals surface area contributed by atoms with Crippen molar-refractivity contribution < 1.29 is 37.9 Å². The molecule has 3 saturated heterocycles. The smallest absolute Gasteiger partial charge is 0.258 e. The van der Waals surface area contributed by atoms with Gasteiger partial charge in [0, 0.05) is 158 Å². The largest absolute Gasteiger partial charge is 0.494 e. The highest BCUT2D eigenvalue weighted by Crippen LogP contribution is 2.44. The van der Waals surface area contributed by atoms with E-state index in [1.165, 1.54) is 42.7 Å². The number of benzene rings is 5. The number of ether oxygens (including phenoxy) is 8. The van der Waals surface area contributed by atoms with Gasteiger partial charge in [-0.25, -0.2) is 4.98 Å². The molecule has 3 aliphatic heterocycles. The maximum absolute atomic E-state index is 12.4. The Bertz CT molecular complexity index is 6200. The second kappa shape index (κ2) is 38.6. The molecule has 0 amide bonds. The van der Waals surface area contributed by atoms with Gasteiger partial charge in [0.2, 0.25) is 0 Å². The van der Waals surface area contributed by atoms with Gasteiger partial charge in [0.15, 0.2) is 29.1 Å². The van der Waals surface area contributed by atoms with E-state index in [4.69, 9.17) is 37.9 Å². The van der Waals surface area contributed by atoms with E-state index >= 15 is 0 Å². The van der Waals surface area contributed by atoms with Gasteiger partial charge in [0.05, 0.1) is 105 Å². The third-order valence-corrected chi connectivity index (χ3v) is 23.7. The van der Waals surface area contributed by atoms with Gasteiger partial charge in [-0.1, -0.05) is 26.0 Å². The molecule has 14 aromatic rings. The van der Waals surface area contributed by atoms with Crippen molar-refractivity contribution >= 4 is 77.3 Å². The van der Waals surface area contributed by atoms with Crippen molar-refractivity contribution in [2.45, 2.75) is 163 Å². The summed E-state index contributed by atoms with van der Waals surface area (Å²) in [6, 6.07) is 35.6. The van der Waals surface area contributed by atoms with Crippen molar-refractivity contribution in [2.24, 2.45) is 5.92 Å². The summed E-state index contributed by atoms with van der Waals surface area (Å²) < 4.78 is 54.8. The monoisotopic (exact) mass is 1680 g/mol. The van der Waals surface area contributed by atoms with E-state index in [1.54, 1.807) is 20.3 Å². The van der Waals surface area contributed by atoms with Gasteiger partial charge in [-0.15, -0.1) is 20.4 Å². The Balaban J connectivity index is 0.000000135. The molecule has 9 aromatic heterocycles. The zero-order chi connectivity index (χ0) is 87.8. The van der Waals surface area contributed by atoms with Crippen LogP contribution < -0.4 is 54.8 Å². The van der Waals surface area contributed by atoms with Crippen molar-refractivity contribution in [3.8, 4) is 57.2 Å². The molecule has 3 fully saturated rings. The summed E-state index contributed by atoms with van der Waals surface area (Å²) in [6.45, 7) is 48.4. The first-order valence-corrected chi connectivity index (χ1v) is 43.4.